The Balaban J connectivity index is 1.80. The fourth-order valence-electron chi connectivity index (χ4n) is 2.85. The highest BCUT2D eigenvalue weighted by atomic mass is 16.5. The number of amides is 1. The van der Waals surface area contributed by atoms with Gasteiger partial charge in [-0.05, 0) is 25.0 Å². The third kappa shape index (κ3) is 7.03. The van der Waals surface area contributed by atoms with Gasteiger partial charge in [-0.15, -0.1) is 0 Å². The number of carbonyl (C=O) groups is 3. The van der Waals surface area contributed by atoms with Crippen LogP contribution in [0.3, 0.4) is 0 Å². The topological polar surface area (TPSA) is 63.7 Å². The molecule has 29 heavy (non-hydrogen) atoms. The number of carbonyl (C=O) groups excluding carboxylic acids is 3. The number of ether oxygens (including phenoxy) is 1. The summed E-state index contributed by atoms with van der Waals surface area (Å²) >= 11 is 0. The lowest BCUT2D eigenvalue weighted by Crippen LogP contribution is -2.35. The van der Waals surface area contributed by atoms with Gasteiger partial charge in [-0.25, -0.2) is 0 Å². The summed E-state index contributed by atoms with van der Waals surface area (Å²) in [7, 11) is 0. The van der Waals surface area contributed by atoms with Crippen molar-refractivity contribution in [1.29, 1.82) is 0 Å². The molecule has 0 spiro atoms. The summed E-state index contributed by atoms with van der Waals surface area (Å²) < 4.78 is 5.02. The minimum Gasteiger partial charge on any atom is -0.456 e. The molecule has 0 aliphatic heterocycles. The maximum absolute atomic E-state index is 12.3. The molecule has 1 amide bonds. The van der Waals surface area contributed by atoms with Crippen LogP contribution in [-0.4, -0.2) is 42.3 Å². The van der Waals surface area contributed by atoms with Gasteiger partial charge in [-0.1, -0.05) is 66.7 Å². The molecule has 0 saturated carbocycles. The predicted molar refractivity (Wildman–Crippen MR) is 113 cm³/mol. The highest BCUT2D eigenvalue weighted by Gasteiger charge is 2.15. The number of rotatable bonds is 10. The summed E-state index contributed by atoms with van der Waals surface area (Å²) in [5, 5.41) is 0. The van der Waals surface area contributed by atoms with Crippen molar-refractivity contribution in [2.75, 3.05) is 19.7 Å². The van der Waals surface area contributed by atoms with Crippen LogP contribution in [0.4, 0.5) is 0 Å². The minimum absolute atomic E-state index is 0.0426. The lowest BCUT2D eigenvalue weighted by atomic mass is 10.0. The van der Waals surface area contributed by atoms with E-state index in [1.165, 1.54) is 0 Å². The molecule has 152 valence electrons. The Bertz CT molecular complexity index is 856. The lowest BCUT2D eigenvalue weighted by molar-refractivity contribution is -0.151. The second kappa shape index (κ2) is 11.0. The number of nitrogens with zero attached hydrogens (tertiary/aromatic N) is 1. The van der Waals surface area contributed by atoms with E-state index in [4.69, 9.17) is 4.74 Å². The molecular weight excluding hydrogens is 366 g/mol. The van der Waals surface area contributed by atoms with Crippen molar-refractivity contribution in [1.82, 2.24) is 4.90 Å². The molecule has 2 aromatic carbocycles. The van der Waals surface area contributed by atoms with E-state index < -0.39 is 5.97 Å². The number of ketones is 1. The number of esters is 1. The second-order valence-electron chi connectivity index (χ2n) is 6.89. The van der Waals surface area contributed by atoms with E-state index in [-0.39, 0.29) is 31.1 Å². The van der Waals surface area contributed by atoms with Gasteiger partial charge in [0, 0.05) is 25.1 Å². The smallest absolute Gasteiger partial charge is 0.306 e. The van der Waals surface area contributed by atoms with E-state index in [0.717, 1.165) is 16.7 Å². The molecule has 2 aromatic rings. The standard InChI is InChI=1S/C24H27NO4/c1-4-25(16-18(2)3)23(27)17-29-24(28)15-14-22(26)21-12-10-20(11-13-21)19-8-6-5-7-9-19/h5-13H,2,4,14-17H2,1,3H3. The van der Waals surface area contributed by atoms with Crippen molar-refractivity contribution in [3.8, 4) is 11.1 Å². The lowest BCUT2D eigenvalue weighted by Gasteiger charge is -2.20. The zero-order valence-corrected chi connectivity index (χ0v) is 17.0. The molecule has 0 radical (unpaired) electrons. The van der Waals surface area contributed by atoms with Crippen LogP contribution in [-0.2, 0) is 14.3 Å². The molecule has 0 unspecified atom stereocenters. The van der Waals surface area contributed by atoms with E-state index in [0.29, 0.717) is 18.7 Å². The molecule has 0 aliphatic rings. The Morgan fingerprint density at radius 3 is 2.14 bits per heavy atom. The maximum atomic E-state index is 12.3. The Hall–Kier alpha value is -3.21. The monoisotopic (exact) mass is 393 g/mol. The zero-order chi connectivity index (χ0) is 21.2. The molecule has 0 aliphatic carbocycles. The van der Waals surface area contributed by atoms with Gasteiger partial charge in [0.05, 0.1) is 6.42 Å². The highest BCUT2D eigenvalue weighted by Crippen LogP contribution is 2.20. The molecule has 0 heterocycles. The SMILES string of the molecule is C=C(C)CN(CC)C(=O)COC(=O)CCC(=O)c1ccc(-c2ccccc2)cc1. The predicted octanol–water partition coefficient (Wildman–Crippen LogP) is 4.28. The largest absolute Gasteiger partial charge is 0.456 e. The first-order valence-electron chi connectivity index (χ1n) is 9.67. The maximum Gasteiger partial charge on any atom is 0.306 e. The van der Waals surface area contributed by atoms with Gasteiger partial charge in [-0.2, -0.15) is 0 Å². The third-order valence-corrected chi connectivity index (χ3v) is 4.42. The van der Waals surface area contributed by atoms with Gasteiger partial charge >= 0.3 is 5.97 Å². The Kier molecular flexibility index (Phi) is 8.34. The molecule has 5 nitrogen and oxygen atoms in total. The van der Waals surface area contributed by atoms with Crippen LogP contribution in [0.25, 0.3) is 11.1 Å². The summed E-state index contributed by atoms with van der Waals surface area (Å²) in [5.74, 6) is -0.962. The average Bonchev–Trinajstić information content (AvgIpc) is 2.74. The quantitative estimate of drug-likeness (QED) is 0.343. The van der Waals surface area contributed by atoms with E-state index >= 15 is 0 Å². The molecule has 2 rings (SSSR count). The van der Waals surface area contributed by atoms with Crippen molar-refractivity contribution in [2.24, 2.45) is 0 Å². The Morgan fingerprint density at radius 2 is 1.55 bits per heavy atom. The number of Topliss-reactive ketones (excluding diaryl/α,β-unsaturated/α-hetero) is 1. The van der Waals surface area contributed by atoms with Crippen LogP contribution >= 0.6 is 0 Å². The summed E-state index contributed by atoms with van der Waals surface area (Å²) in [5.41, 5.74) is 3.51. The third-order valence-electron chi connectivity index (χ3n) is 4.42. The van der Waals surface area contributed by atoms with E-state index in [1.54, 1.807) is 17.0 Å². The van der Waals surface area contributed by atoms with Crippen molar-refractivity contribution in [3.63, 3.8) is 0 Å². The van der Waals surface area contributed by atoms with Gasteiger partial charge in [0.25, 0.3) is 5.91 Å². The van der Waals surface area contributed by atoms with Gasteiger partial charge < -0.3 is 9.64 Å². The van der Waals surface area contributed by atoms with Crippen LogP contribution in [0, 0.1) is 0 Å². The number of likely N-dealkylation sites (N-methyl/N-ethyl adjacent to an activating group) is 1. The fraction of sp³-hybridized carbons (Fsp3) is 0.292. The average molecular weight is 393 g/mol. The molecule has 5 heteroatoms. The molecule has 0 fully saturated rings. The molecular formula is C24H27NO4. The van der Waals surface area contributed by atoms with Crippen LogP contribution in [0.15, 0.2) is 66.7 Å². The van der Waals surface area contributed by atoms with Crippen LogP contribution in [0.2, 0.25) is 0 Å². The Labute approximate surface area is 172 Å². The second-order valence-corrected chi connectivity index (χ2v) is 6.89. The fourth-order valence-corrected chi connectivity index (χ4v) is 2.85. The summed E-state index contributed by atoms with van der Waals surface area (Å²) in [6, 6.07) is 17.2. The van der Waals surface area contributed by atoms with E-state index in [9.17, 15) is 14.4 Å². The zero-order valence-electron chi connectivity index (χ0n) is 17.0. The number of hydrogen-bond donors (Lipinski definition) is 0. The Morgan fingerprint density at radius 1 is 0.931 bits per heavy atom. The number of benzene rings is 2. The normalized spacial score (nSPS) is 10.3. The van der Waals surface area contributed by atoms with Crippen LogP contribution < -0.4 is 0 Å². The first kappa shape index (κ1) is 22.1. The van der Waals surface area contributed by atoms with Gasteiger partial charge in [0.2, 0.25) is 0 Å². The summed E-state index contributed by atoms with van der Waals surface area (Å²) in [4.78, 5) is 37.8. The minimum atomic E-state index is -0.556. The van der Waals surface area contributed by atoms with Crippen molar-refractivity contribution < 1.29 is 19.1 Å². The van der Waals surface area contributed by atoms with Crippen LogP contribution in [0.5, 0.6) is 0 Å². The molecule has 0 N–H and O–H groups in total. The number of hydrogen-bond acceptors (Lipinski definition) is 4. The molecule has 0 atom stereocenters. The molecule has 0 saturated heterocycles. The van der Waals surface area contributed by atoms with Crippen molar-refractivity contribution >= 4 is 17.7 Å². The van der Waals surface area contributed by atoms with Crippen LogP contribution in [0.1, 0.15) is 37.0 Å². The first-order chi connectivity index (χ1) is 13.9. The molecule has 0 aromatic heterocycles. The highest BCUT2D eigenvalue weighted by molar-refractivity contribution is 5.98. The van der Waals surface area contributed by atoms with Crippen molar-refractivity contribution in [3.05, 3.63) is 72.3 Å². The summed E-state index contributed by atoms with van der Waals surface area (Å²) in [6.07, 6.45) is -0.0138. The van der Waals surface area contributed by atoms with Gasteiger partial charge in [0.15, 0.2) is 12.4 Å². The first-order valence-corrected chi connectivity index (χ1v) is 9.67. The summed E-state index contributed by atoms with van der Waals surface area (Å²) in [6.45, 7) is 8.10. The van der Waals surface area contributed by atoms with Crippen molar-refractivity contribution in [2.45, 2.75) is 26.7 Å². The van der Waals surface area contributed by atoms with E-state index in [2.05, 4.69) is 6.58 Å². The van der Waals surface area contributed by atoms with Gasteiger partial charge in [0.1, 0.15) is 0 Å². The van der Waals surface area contributed by atoms with Gasteiger partial charge in [-0.3, -0.25) is 14.4 Å². The molecule has 0 bridgehead atoms. The van der Waals surface area contributed by atoms with E-state index in [1.807, 2.05) is 56.3 Å².